The van der Waals surface area contributed by atoms with Gasteiger partial charge in [0, 0.05) is 13.0 Å². The third-order valence-corrected chi connectivity index (χ3v) is 4.54. The molecule has 0 aliphatic heterocycles. The molecule has 0 fully saturated rings. The van der Waals surface area contributed by atoms with Gasteiger partial charge in [0.1, 0.15) is 12.4 Å². The van der Waals surface area contributed by atoms with Gasteiger partial charge in [-0.05, 0) is 36.1 Å². The number of unbranched alkanes of at least 4 members (excludes halogenated alkanes) is 2. The zero-order chi connectivity index (χ0) is 21.6. The number of carbonyl (C=O) groups is 2. The molecule has 162 valence electrons. The van der Waals surface area contributed by atoms with Crippen molar-refractivity contribution in [1.29, 1.82) is 0 Å². The summed E-state index contributed by atoms with van der Waals surface area (Å²) in [5, 5.41) is 15.1. The Morgan fingerprint density at radius 2 is 1.70 bits per heavy atom. The van der Waals surface area contributed by atoms with Crippen LogP contribution in [0, 0.1) is 5.82 Å². The van der Waals surface area contributed by atoms with E-state index in [1.165, 1.54) is 12.1 Å². The van der Waals surface area contributed by atoms with E-state index in [9.17, 15) is 19.1 Å². The minimum Gasteiger partial charge on any atom is -0.394 e. The van der Waals surface area contributed by atoms with Crippen LogP contribution in [0.25, 0.3) is 0 Å². The zero-order valence-electron chi connectivity index (χ0n) is 17.0. The number of hydrogen-bond acceptors (Lipinski definition) is 4. The number of nitrogens with one attached hydrogen (secondary N) is 2. The lowest BCUT2D eigenvalue weighted by molar-refractivity contribution is -0.126. The van der Waals surface area contributed by atoms with E-state index in [0.717, 1.165) is 24.0 Å². The molecule has 0 saturated carbocycles. The van der Waals surface area contributed by atoms with Crippen molar-refractivity contribution in [2.45, 2.75) is 38.3 Å². The molecule has 0 bridgehead atoms. The van der Waals surface area contributed by atoms with Crippen molar-refractivity contribution in [3.05, 3.63) is 71.5 Å². The first kappa shape index (κ1) is 23.5. The highest BCUT2D eigenvalue weighted by Crippen LogP contribution is 2.12. The number of ether oxygens (including phenoxy) is 1. The van der Waals surface area contributed by atoms with Crippen LogP contribution in [0.5, 0.6) is 0 Å². The number of benzene rings is 2. The molecule has 0 radical (unpaired) electrons. The van der Waals surface area contributed by atoms with Gasteiger partial charge in [-0.2, -0.15) is 0 Å². The summed E-state index contributed by atoms with van der Waals surface area (Å²) in [4.78, 5) is 23.8. The number of aliphatic hydroxyl groups is 1. The van der Waals surface area contributed by atoms with Crippen molar-refractivity contribution in [2.24, 2.45) is 0 Å². The fourth-order valence-electron chi connectivity index (χ4n) is 2.89. The molecule has 2 amide bonds. The summed E-state index contributed by atoms with van der Waals surface area (Å²) in [7, 11) is 0. The highest BCUT2D eigenvalue weighted by Gasteiger charge is 2.12. The van der Waals surface area contributed by atoms with Crippen molar-refractivity contribution in [2.75, 3.05) is 19.8 Å². The Kier molecular flexibility index (Phi) is 10.5. The van der Waals surface area contributed by atoms with Crippen LogP contribution in [0.2, 0.25) is 0 Å². The Morgan fingerprint density at radius 1 is 0.967 bits per heavy atom. The number of rotatable bonds is 13. The highest BCUT2D eigenvalue weighted by molar-refractivity contribution is 5.77. The van der Waals surface area contributed by atoms with Crippen LogP contribution < -0.4 is 10.6 Å². The van der Waals surface area contributed by atoms with Gasteiger partial charge in [0.25, 0.3) is 0 Å². The van der Waals surface area contributed by atoms with Gasteiger partial charge in [-0.3, -0.25) is 9.59 Å². The number of amides is 2. The minimum atomic E-state index is -0.395. The lowest BCUT2D eigenvalue weighted by Gasteiger charge is -2.16. The second-order valence-electron chi connectivity index (χ2n) is 6.99. The number of halogens is 1. The quantitative estimate of drug-likeness (QED) is 0.438. The molecule has 0 aliphatic carbocycles. The summed E-state index contributed by atoms with van der Waals surface area (Å²) in [6, 6.07) is 14.9. The van der Waals surface area contributed by atoms with Crippen LogP contribution in [-0.2, 0) is 20.9 Å². The molecular formula is C23H29FN2O4. The number of carbonyl (C=O) groups excluding carboxylic acids is 2. The van der Waals surface area contributed by atoms with Gasteiger partial charge < -0.3 is 20.5 Å². The van der Waals surface area contributed by atoms with Crippen molar-refractivity contribution < 1.29 is 23.8 Å². The molecule has 0 spiro atoms. The molecule has 2 aromatic rings. The van der Waals surface area contributed by atoms with Gasteiger partial charge in [-0.15, -0.1) is 0 Å². The van der Waals surface area contributed by atoms with Gasteiger partial charge in [0.05, 0.1) is 19.3 Å². The average Bonchev–Trinajstić information content (AvgIpc) is 2.76. The summed E-state index contributed by atoms with van der Waals surface area (Å²) in [5.41, 5.74) is 1.68. The Balaban J connectivity index is 1.50. The maximum atomic E-state index is 12.8. The fourth-order valence-corrected chi connectivity index (χ4v) is 2.89. The van der Waals surface area contributed by atoms with E-state index in [4.69, 9.17) is 4.74 Å². The van der Waals surface area contributed by atoms with Crippen molar-refractivity contribution >= 4 is 11.8 Å². The van der Waals surface area contributed by atoms with E-state index in [0.29, 0.717) is 19.4 Å². The molecule has 0 aliphatic rings. The summed E-state index contributed by atoms with van der Waals surface area (Å²) in [6.45, 7) is 0.567. The monoisotopic (exact) mass is 416 g/mol. The van der Waals surface area contributed by atoms with Crippen LogP contribution in [0.1, 0.15) is 42.9 Å². The molecule has 0 aromatic heterocycles. The number of aliphatic hydroxyl groups excluding tert-OH is 1. The first-order valence-corrected chi connectivity index (χ1v) is 10.1. The van der Waals surface area contributed by atoms with Crippen LogP contribution in [0.15, 0.2) is 54.6 Å². The standard InChI is InChI=1S/C23H29FN2O4/c24-20-12-10-18(11-13-20)16-30-17-23(29)25-14-6-2-5-9-22(28)26-21(15-27)19-7-3-1-4-8-19/h1,3-4,7-8,10-13,21,27H,2,5-6,9,14-17H2,(H,25,29)(H,26,28)/t21-/m0/s1. The van der Waals surface area contributed by atoms with Gasteiger partial charge >= 0.3 is 0 Å². The van der Waals surface area contributed by atoms with Crippen LogP contribution in [0.3, 0.4) is 0 Å². The van der Waals surface area contributed by atoms with Gasteiger partial charge in [0.15, 0.2) is 0 Å². The largest absolute Gasteiger partial charge is 0.394 e. The normalized spacial score (nSPS) is 11.7. The Hall–Kier alpha value is -2.77. The smallest absolute Gasteiger partial charge is 0.246 e. The Morgan fingerprint density at radius 3 is 2.40 bits per heavy atom. The first-order valence-electron chi connectivity index (χ1n) is 10.1. The lowest BCUT2D eigenvalue weighted by atomic mass is 10.1. The van der Waals surface area contributed by atoms with E-state index < -0.39 is 6.04 Å². The van der Waals surface area contributed by atoms with Crippen LogP contribution in [0.4, 0.5) is 4.39 Å². The van der Waals surface area contributed by atoms with E-state index >= 15 is 0 Å². The summed E-state index contributed by atoms with van der Waals surface area (Å²) in [5.74, 6) is -0.613. The molecule has 0 unspecified atom stereocenters. The molecule has 6 nitrogen and oxygen atoms in total. The SMILES string of the molecule is O=C(COCc1ccc(F)cc1)NCCCCCC(=O)N[C@@H](CO)c1ccccc1. The molecule has 2 rings (SSSR count). The Bertz CT molecular complexity index is 769. The maximum absolute atomic E-state index is 12.8. The third-order valence-electron chi connectivity index (χ3n) is 4.54. The fraction of sp³-hybridized carbons (Fsp3) is 0.391. The minimum absolute atomic E-state index is 0.0538. The van der Waals surface area contributed by atoms with Gasteiger partial charge in [-0.1, -0.05) is 48.9 Å². The molecular weight excluding hydrogens is 387 g/mol. The van der Waals surface area contributed by atoms with Crippen molar-refractivity contribution in [3.8, 4) is 0 Å². The molecule has 0 saturated heterocycles. The highest BCUT2D eigenvalue weighted by atomic mass is 19.1. The molecule has 0 heterocycles. The lowest BCUT2D eigenvalue weighted by Crippen LogP contribution is -2.30. The zero-order valence-corrected chi connectivity index (χ0v) is 17.0. The Labute approximate surface area is 176 Å². The van der Waals surface area contributed by atoms with E-state index in [-0.39, 0.29) is 37.5 Å². The van der Waals surface area contributed by atoms with Crippen LogP contribution >= 0.6 is 0 Å². The second-order valence-corrected chi connectivity index (χ2v) is 6.99. The van der Waals surface area contributed by atoms with Crippen LogP contribution in [-0.4, -0.2) is 36.7 Å². The predicted octanol–water partition coefficient (Wildman–Crippen LogP) is 2.87. The topological polar surface area (TPSA) is 87.7 Å². The molecule has 7 heteroatoms. The van der Waals surface area contributed by atoms with Gasteiger partial charge in [0.2, 0.25) is 11.8 Å². The molecule has 2 aromatic carbocycles. The summed E-state index contributed by atoms with van der Waals surface area (Å²) in [6.07, 6.45) is 2.64. The van der Waals surface area contributed by atoms with E-state index in [2.05, 4.69) is 10.6 Å². The molecule has 30 heavy (non-hydrogen) atoms. The first-order chi connectivity index (χ1) is 14.6. The number of hydrogen-bond donors (Lipinski definition) is 3. The predicted molar refractivity (Wildman–Crippen MR) is 112 cm³/mol. The molecule has 1 atom stereocenters. The van der Waals surface area contributed by atoms with E-state index in [1.54, 1.807) is 12.1 Å². The summed E-state index contributed by atoms with van der Waals surface area (Å²) < 4.78 is 18.1. The van der Waals surface area contributed by atoms with Gasteiger partial charge in [-0.25, -0.2) is 4.39 Å². The third kappa shape index (κ3) is 9.15. The van der Waals surface area contributed by atoms with E-state index in [1.807, 2.05) is 30.3 Å². The molecule has 3 N–H and O–H groups in total. The average molecular weight is 416 g/mol. The van der Waals surface area contributed by atoms with Crippen molar-refractivity contribution in [3.63, 3.8) is 0 Å². The summed E-state index contributed by atoms with van der Waals surface area (Å²) >= 11 is 0. The second kappa shape index (κ2) is 13.5. The van der Waals surface area contributed by atoms with Crippen molar-refractivity contribution in [1.82, 2.24) is 10.6 Å². The maximum Gasteiger partial charge on any atom is 0.246 e.